The third-order valence-corrected chi connectivity index (χ3v) is 5.40. The number of aliphatic imine (C=N–C) groups is 1. The summed E-state index contributed by atoms with van der Waals surface area (Å²) in [5.41, 5.74) is 1.19. The smallest absolute Gasteiger partial charge is 0.192 e. The lowest BCUT2D eigenvalue weighted by atomic mass is 10.1. The lowest BCUT2D eigenvalue weighted by Crippen LogP contribution is -2.49. The first-order valence-electron chi connectivity index (χ1n) is 10.3. The van der Waals surface area contributed by atoms with Gasteiger partial charge in [0.15, 0.2) is 11.8 Å². The molecule has 2 N–H and O–H groups in total. The summed E-state index contributed by atoms with van der Waals surface area (Å²) in [6.45, 7) is 7.13. The number of hydrogen-bond donors (Lipinski definition) is 2. The van der Waals surface area contributed by atoms with Crippen LogP contribution >= 0.6 is 0 Å². The van der Waals surface area contributed by atoms with Gasteiger partial charge in [-0.3, -0.25) is 0 Å². The van der Waals surface area contributed by atoms with Crippen LogP contribution < -0.4 is 10.6 Å². The Kier molecular flexibility index (Phi) is 8.01. The minimum atomic E-state index is 0.414. The first-order valence-corrected chi connectivity index (χ1v) is 10.3. The van der Waals surface area contributed by atoms with Crippen LogP contribution in [-0.4, -0.2) is 65.0 Å². The van der Waals surface area contributed by atoms with Crippen LogP contribution in [0.4, 0.5) is 0 Å². The van der Waals surface area contributed by atoms with E-state index in [1.54, 1.807) is 7.11 Å². The van der Waals surface area contributed by atoms with E-state index in [0.29, 0.717) is 19.1 Å². The second-order valence-electron chi connectivity index (χ2n) is 7.48. The van der Waals surface area contributed by atoms with Crippen LogP contribution in [0.15, 0.2) is 35.3 Å². The molecular weight excluding hydrogens is 366 g/mol. The van der Waals surface area contributed by atoms with Crippen molar-refractivity contribution < 1.29 is 4.74 Å². The maximum Gasteiger partial charge on any atom is 0.192 e. The van der Waals surface area contributed by atoms with Gasteiger partial charge in [0.05, 0.1) is 19.7 Å². The molecule has 1 aliphatic rings. The summed E-state index contributed by atoms with van der Waals surface area (Å²) in [6.07, 6.45) is 2.19. The highest BCUT2D eigenvalue weighted by Gasteiger charge is 2.20. The number of methoxy groups -OCH3 is 1. The van der Waals surface area contributed by atoms with Crippen LogP contribution in [0, 0.1) is 6.92 Å². The highest BCUT2D eigenvalue weighted by molar-refractivity contribution is 5.80. The number of hydrogen-bond acceptors (Lipinski definition) is 5. The van der Waals surface area contributed by atoms with Crippen molar-refractivity contribution >= 4 is 5.96 Å². The molecule has 0 unspecified atom stereocenters. The Hall–Kier alpha value is -2.45. The number of aryl methyl sites for hydroxylation is 1. The van der Waals surface area contributed by atoms with Gasteiger partial charge in [-0.15, -0.1) is 10.2 Å². The Morgan fingerprint density at radius 3 is 2.62 bits per heavy atom. The molecule has 1 aromatic carbocycles. The molecule has 158 valence electrons. The normalized spacial score (nSPS) is 16.2. The van der Waals surface area contributed by atoms with Crippen LogP contribution in [-0.2, 0) is 24.9 Å². The topological polar surface area (TPSA) is 79.6 Å². The zero-order valence-corrected chi connectivity index (χ0v) is 17.8. The molecule has 1 fully saturated rings. The van der Waals surface area contributed by atoms with Crippen LogP contribution in [0.2, 0.25) is 0 Å². The van der Waals surface area contributed by atoms with E-state index in [4.69, 9.17) is 9.73 Å². The standard InChI is InChI=1S/C21H33N7O/c1-17-25-26-20(27(17)2)16-23-21(22-15-18-7-5-4-6-8-18)24-19-9-11-28(12-10-19)13-14-29-3/h4-8,19H,9-16H2,1-3H3,(H2,22,23,24). The van der Waals surface area contributed by atoms with Crippen molar-refractivity contribution in [2.24, 2.45) is 12.0 Å². The van der Waals surface area contributed by atoms with E-state index in [9.17, 15) is 0 Å². The first-order chi connectivity index (χ1) is 14.2. The van der Waals surface area contributed by atoms with E-state index in [1.807, 2.05) is 36.7 Å². The van der Waals surface area contributed by atoms with Gasteiger partial charge in [-0.25, -0.2) is 4.99 Å². The van der Waals surface area contributed by atoms with Gasteiger partial charge in [-0.1, -0.05) is 30.3 Å². The van der Waals surface area contributed by atoms with E-state index in [0.717, 1.165) is 56.7 Å². The van der Waals surface area contributed by atoms with Crippen molar-refractivity contribution in [1.82, 2.24) is 30.3 Å². The highest BCUT2D eigenvalue weighted by Crippen LogP contribution is 2.10. The molecule has 8 nitrogen and oxygen atoms in total. The largest absolute Gasteiger partial charge is 0.383 e. The molecule has 0 spiro atoms. The van der Waals surface area contributed by atoms with Gasteiger partial charge in [0.1, 0.15) is 5.82 Å². The van der Waals surface area contributed by atoms with Crippen molar-refractivity contribution in [1.29, 1.82) is 0 Å². The zero-order valence-electron chi connectivity index (χ0n) is 17.8. The van der Waals surface area contributed by atoms with Crippen molar-refractivity contribution in [3.63, 3.8) is 0 Å². The summed E-state index contributed by atoms with van der Waals surface area (Å²) in [6, 6.07) is 10.7. The second kappa shape index (κ2) is 10.9. The van der Waals surface area contributed by atoms with Crippen molar-refractivity contribution in [2.45, 2.75) is 38.9 Å². The van der Waals surface area contributed by atoms with Gasteiger partial charge in [0, 0.05) is 39.8 Å². The fourth-order valence-electron chi connectivity index (χ4n) is 3.39. The Labute approximate surface area is 173 Å². The molecule has 2 heterocycles. The fourth-order valence-corrected chi connectivity index (χ4v) is 3.39. The summed E-state index contributed by atoms with van der Waals surface area (Å²) in [5, 5.41) is 15.4. The Balaban J connectivity index is 1.59. The van der Waals surface area contributed by atoms with Crippen molar-refractivity contribution in [3.05, 3.63) is 47.5 Å². The van der Waals surface area contributed by atoms with Gasteiger partial charge in [-0.05, 0) is 25.3 Å². The van der Waals surface area contributed by atoms with Gasteiger partial charge < -0.3 is 24.8 Å². The van der Waals surface area contributed by atoms with Crippen LogP contribution in [0.3, 0.4) is 0 Å². The number of aromatic nitrogens is 3. The molecule has 0 atom stereocenters. The molecule has 2 aromatic rings. The van der Waals surface area contributed by atoms with E-state index in [2.05, 4.69) is 37.9 Å². The number of guanidine groups is 1. The maximum atomic E-state index is 5.20. The summed E-state index contributed by atoms with van der Waals surface area (Å²) < 4.78 is 7.19. The molecule has 3 rings (SSSR count). The number of nitrogens with one attached hydrogen (secondary N) is 2. The molecule has 8 heteroatoms. The van der Waals surface area contributed by atoms with Gasteiger partial charge in [0.2, 0.25) is 0 Å². The Morgan fingerprint density at radius 1 is 1.21 bits per heavy atom. The lowest BCUT2D eigenvalue weighted by molar-refractivity contribution is 0.128. The molecule has 1 saturated heterocycles. The molecule has 0 radical (unpaired) electrons. The number of rotatable bonds is 8. The molecule has 1 aromatic heterocycles. The van der Waals surface area contributed by atoms with E-state index in [1.165, 1.54) is 5.56 Å². The third-order valence-electron chi connectivity index (χ3n) is 5.40. The first kappa shape index (κ1) is 21.3. The predicted octanol–water partition coefficient (Wildman–Crippen LogP) is 1.47. The Bertz CT molecular complexity index is 767. The highest BCUT2D eigenvalue weighted by atomic mass is 16.5. The predicted molar refractivity (Wildman–Crippen MR) is 115 cm³/mol. The zero-order chi connectivity index (χ0) is 20.5. The molecule has 1 aliphatic heterocycles. The maximum absolute atomic E-state index is 5.20. The number of ether oxygens (including phenoxy) is 1. The molecule has 29 heavy (non-hydrogen) atoms. The van der Waals surface area contributed by atoms with Gasteiger partial charge in [-0.2, -0.15) is 0 Å². The van der Waals surface area contributed by atoms with Crippen LogP contribution in [0.5, 0.6) is 0 Å². The average molecular weight is 400 g/mol. The SMILES string of the molecule is COCCN1CCC(NC(=NCc2ccccc2)NCc2nnc(C)n2C)CC1. The van der Waals surface area contributed by atoms with Crippen molar-refractivity contribution in [2.75, 3.05) is 33.4 Å². The fraction of sp³-hybridized carbons (Fsp3) is 0.571. The van der Waals surface area contributed by atoms with E-state index < -0.39 is 0 Å². The monoisotopic (exact) mass is 399 g/mol. The number of benzene rings is 1. The summed E-state index contributed by atoms with van der Waals surface area (Å²) in [7, 11) is 3.74. The summed E-state index contributed by atoms with van der Waals surface area (Å²) in [5.74, 6) is 2.62. The van der Waals surface area contributed by atoms with E-state index >= 15 is 0 Å². The summed E-state index contributed by atoms with van der Waals surface area (Å²) in [4.78, 5) is 7.27. The quantitative estimate of drug-likeness (QED) is 0.517. The molecular formula is C21H33N7O. The van der Waals surface area contributed by atoms with Crippen LogP contribution in [0.1, 0.15) is 30.1 Å². The number of nitrogens with zero attached hydrogens (tertiary/aromatic N) is 5. The number of likely N-dealkylation sites (tertiary alicyclic amines) is 1. The Morgan fingerprint density at radius 2 is 1.97 bits per heavy atom. The molecule has 0 amide bonds. The molecule has 0 aliphatic carbocycles. The van der Waals surface area contributed by atoms with Gasteiger partial charge >= 0.3 is 0 Å². The second-order valence-corrected chi connectivity index (χ2v) is 7.48. The summed E-state index contributed by atoms with van der Waals surface area (Å²) >= 11 is 0. The average Bonchev–Trinajstić information content (AvgIpc) is 3.08. The van der Waals surface area contributed by atoms with Gasteiger partial charge in [0.25, 0.3) is 0 Å². The number of piperidine rings is 1. The molecule has 0 bridgehead atoms. The lowest BCUT2D eigenvalue weighted by Gasteiger charge is -2.32. The minimum absolute atomic E-state index is 0.414. The minimum Gasteiger partial charge on any atom is -0.383 e. The van der Waals surface area contributed by atoms with E-state index in [-0.39, 0.29) is 0 Å². The van der Waals surface area contributed by atoms with Crippen molar-refractivity contribution in [3.8, 4) is 0 Å². The third kappa shape index (κ3) is 6.54. The van der Waals surface area contributed by atoms with Crippen LogP contribution in [0.25, 0.3) is 0 Å². The molecule has 0 saturated carbocycles.